The molecule has 2 fully saturated rings. The molecule has 1 aromatic rings. The molecular weight excluding hydrogens is 214 g/mol. The molecule has 17 heavy (non-hydrogen) atoms. The van der Waals surface area contributed by atoms with Gasteiger partial charge in [-0.25, -0.2) is 0 Å². The molecule has 0 radical (unpaired) electrons. The molecule has 2 aliphatic rings. The molecule has 94 valence electrons. The van der Waals surface area contributed by atoms with E-state index in [1.54, 1.807) is 0 Å². The van der Waals surface area contributed by atoms with Crippen molar-refractivity contribution >= 4 is 5.95 Å². The van der Waals surface area contributed by atoms with Gasteiger partial charge in [-0.05, 0) is 24.7 Å². The molecule has 0 spiro atoms. The lowest BCUT2D eigenvalue weighted by Crippen LogP contribution is -2.43. The molecular formula is C12H21N5. The van der Waals surface area contributed by atoms with E-state index in [9.17, 15) is 0 Å². The average molecular weight is 235 g/mol. The third-order valence-electron chi connectivity index (χ3n) is 4.08. The van der Waals surface area contributed by atoms with Crippen molar-refractivity contribution < 1.29 is 0 Å². The second-order valence-electron chi connectivity index (χ2n) is 6.11. The highest BCUT2D eigenvalue weighted by molar-refractivity contribution is 5.32. The Bertz CT molecular complexity index is 411. The van der Waals surface area contributed by atoms with Crippen LogP contribution < -0.4 is 10.6 Å². The number of aromatic amines is 1. The monoisotopic (exact) mass is 235 g/mol. The van der Waals surface area contributed by atoms with Crippen LogP contribution in [0.2, 0.25) is 0 Å². The number of nitrogens with zero attached hydrogens (tertiary/aromatic N) is 3. The lowest BCUT2D eigenvalue weighted by Gasteiger charge is -2.29. The summed E-state index contributed by atoms with van der Waals surface area (Å²) in [6.45, 7) is 6.46. The van der Waals surface area contributed by atoms with Crippen LogP contribution in [0.5, 0.6) is 0 Å². The summed E-state index contributed by atoms with van der Waals surface area (Å²) in [7, 11) is 0. The van der Waals surface area contributed by atoms with Gasteiger partial charge in [0.05, 0.1) is 0 Å². The maximum atomic E-state index is 5.98. The fourth-order valence-corrected chi connectivity index (χ4v) is 2.69. The molecule has 0 bridgehead atoms. The summed E-state index contributed by atoms with van der Waals surface area (Å²) < 4.78 is 0. The number of rotatable bonds is 2. The molecule has 0 aromatic carbocycles. The van der Waals surface area contributed by atoms with Crippen LogP contribution in [0.1, 0.15) is 44.9 Å². The lowest BCUT2D eigenvalue weighted by atomic mass is 10.1. The van der Waals surface area contributed by atoms with E-state index in [0.29, 0.717) is 11.3 Å². The Balaban J connectivity index is 1.72. The Labute approximate surface area is 102 Å². The molecule has 0 amide bonds. The highest BCUT2D eigenvalue weighted by Crippen LogP contribution is 2.57. The molecule has 2 atom stereocenters. The van der Waals surface area contributed by atoms with Crippen molar-refractivity contribution in [2.45, 2.75) is 45.1 Å². The van der Waals surface area contributed by atoms with Crippen LogP contribution >= 0.6 is 0 Å². The van der Waals surface area contributed by atoms with E-state index >= 15 is 0 Å². The second kappa shape index (κ2) is 3.70. The maximum absolute atomic E-state index is 5.98. The lowest BCUT2D eigenvalue weighted by molar-refractivity contribution is 0.500. The van der Waals surface area contributed by atoms with Crippen molar-refractivity contribution in [2.75, 3.05) is 18.0 Å². The average Bonchev–Trinajstić information content (AvgIpc) is 2.76. The van der Waals surface area contributed by atoms with Crippen LogP contribution in [0.25, 0.3) is 0 Å². The van der Waals surface area contributed by atoms with Crippen molar-refractivity contribution in [3.63, 3.8) is 0 Å². The van der Waals surface area contributed by atoms with Gasteiger partial charge >= 0.3 is 0 Å². The van der Waals surface area contributed by atoms with Gasteiger partial charge in [0.2, 0.25) is 5.95 Å². The van der Waals surface area contributed by atoms with Gasteiger partial charge in [-0.1, -0.05) is 13.8 Å². The number of aromatic nitrogens is 3. The summed E-state index contributed by atoms with van der Waals surface area (Å²) >= 11 is 0. The maximum Gasteiger partial charge on any atom is 0.244 e. The van der Waals surface area contributed by atoms with Gasteiger partial charge < -0.3 is 10.6 Å². The van der Waals surface area contributed by atoms with Crippen molar-refractivity contribution in [1.82, 2.24) is 15.2 Å². The summed E-state index contributed by atoms with van der Waals surface area (Å²) in [6.07, 6.45) is 3.46. The highest BCUT2D eigenvalue weighted by atomic mass is 15.4. The third kappa shape index (κ3) is 2.04. The van der Waals surface area contributed by atoms with E-state index in [4.69, 9.17) is 5.73 Å². The topological polar surface area (TPSA) is 70.8 Å². The molecule has 5 nitrogen and oxygen atoms in total. The van der Waals surface area contributed by atoms with Crippen LogP contribution in [0.3, 0.4) is 0 Å². The predicted octanol–water partition coefficient (Wildman–Crippen LogP) is 1.25. The summed E-state index contributed by atoms with van der Waals surface area (Å²) in [5, 5.41) is 7.43. The molecule has 1 aliphatic carbocycles. The first-order valence-electron chi connectivity index (χ1n) is 6.49. The zero-order chi connectivity index (χ0) is 12.0. The van der Waals surface area contributed by atoms with Crippen molar-refractivity contribution in [3.8, 4) is 0 Å². The minimum atomic E-state index is 0.267. The van der Waals surface area contributed by atoms with E-state index in [-0.39, 0.29) is 6.04 Å². The molecule has 1 saturated carbocycles. The molecule has 2 heterocycles. The van der Waals surface area contributed by atoms with Gasteiger partial charge in [0.1, 0.15) is 5.82 Å². The SMILES string of the molecule is CC1(C)CC1c1nc(N2CCCC(N)C2)n[nH]1. The standard InChI is InChI=1S/C12H21N5/c1-12(2)6-9(12)10-14-11(16-15-10)17-5-3-4-8(13)7-17/h8-9H,3-7,13H2,1-2H3,(H,14,15,16). The number of nitrogens with two attached hydrogens (primary N) is 1. The van der Waals surface area contributed by atoms with Gasteiger partial charge in [0, 0.05) is 25.0 Å². The van der Waals surface area contributed by atoms with Crippen molar-refractivity contribution in [2.24, 2.45) is 11.1 Å². The first-order chi connectivity index (χ1) is 8.06. The Morgan fingerprint density at radius 2 is 2.24 bits per heavy atom. The van der Waals surface area contributed by atoms with E-state index in [0.717, 1.165) is 37.7 Å². The smallest absolute Gasteiger partial charge is 0.244 e. The third-order valence-corrected chi connectivity index (χ3v) is 4.08. The minimum absolute atomic E-state index is 0.267. The zero-order valence-corrected chi connectivity index (χ0v) is 10.6. The quantitative estimate of drug-likeness (QED) is 0.809. The Morgan fingerprint density at radius 3 is 2.88 bits per heavy atom. The Hall–Kier alpha value is -1.10. The van der Waals surface area contributed by atoms with Crippen LogP contribution in [-0.4, -0.2) is 34.3 Å². The minimum Gasteiger partial charge on any atom is -0.338 e. The number of piperidine rings is 1. The van der Waals surface area contributed by atoms with E-state index in [1.165, 1.54) is 6.42 Å². The number of H-pyrrole nitrogens is 1. The Morgan fingerprint density at radius 1 is 1.47 bits per heavy atom. The van der Waals surface area contributed by atoms with Crippen LogP contribution in [-0.2, 0) is 0 Å². The molecule has 1 aromatic heterocycles. The fraction of sp³-hybridized carbons (Fsp3) is 0.833. The molecule has 3 rings (SSSR count). The van der Waals surface area contributed by atoms with Gasteiger partial charge in [0.15, 0.2) is 0 Å². The first-order valence-corrected chi connectivity index (χ1v) is 6.49. The molecule has 2 unspecified atom stereocenters. The summed E-state index contributed by atoms with van der Waals surface area (Å²) in [4.78, 5) is 6.83. The summed E-state index contributed by atoms with van der Waals surface area (Å²) in [5.74, 6) is 2.43. The van der Waals surface area contributed by atoms with E-state index in [2.05, 4.69) is 33.9 Å². The number of nitrogens with one attached hydrogen (secondary N) is 1. The zero-order valence-electron chi connectivity index (χ0n) is 10.6. The first kappa shape index (κ1) is 11.0. The van der Waals surface area contributed by atoms with Gasteiger partial charge in [-0.3, -0.25) is 5.10 Å². The van der Waals surface area contributed by atoms with Crippen LogP contribution in [0, 0.1) is 5.41 Å². The highest BCUT2D eigenvalue weighted by Gasteiger charge is 2.48. The van der Waals surface area contributed by atoms with Crippen LogP contribution in [0.15, 0.2) is 0 Å². The normalized spacial score (nSPS) is 31.6. The van der Waals surface area contributed by atoms with Gasteiger partial charge in [-0.15, -0.1) is 5.10 Å². The molecule has 1 saturated heterocycles. The second-order valence-corrected chi connectivity index (χ2v) is 6.11. The van der Waals surface area contributed by atoms with Crippen LogP contribution in [0.4, 0.5) is 5.95 Å². The number of hydrogen-bond acceptors (Lipinski definition) is 4. The number of hydrogen-bond donors (Lipinski definition) is 2. The van der Waals surface area contributed by atoms with Crippen molar-refractivity contribution in [1.29, 1.82) is 0 Å². The summed E-state index contributed by atoms with van der Waals surface area (Å²) in [5.41, 5.74) is 6.37. The van der Waals surface area contributed by atoms with Crippen molar-refractivity contribution in [3.05, 3.63) is 5.82 Å². The fourth-order valence-electron chi connectivity index (χ4n) is 2.69. The molecule has 1 aliphatic heterocycles. The van der Waals surface area contributed by atoms with E-state index < -0.39 is 0 Å². The summed E-state index contributed by atoms with van der Waals surface area (Å²) in [6, 6.07) is 0.267. The largest absolute Gasteiger partial charge is 0.338 e. The number of anilines is 1. The molecule has 3 N–H and O–H groups in total. The molecule has 5 heteroatoms. The van der Waals surface area contributed by atoms with Gasteiger partial charge in [0.25, 0.3) is 0 Å². The predicted molar refractivity (Wildman–Crippen MR) is 66.9 cm³/mol. The van der Waals surface area contributed by atoms with E-state index in [1.807, 2.05) is 0 Å². The Kier molecular flexibility index (Phi) is 2.40. The van der Waals surface area contributed by atoms with Gasteiger partial charge in [-0.2, -0.15) is 4.98 Å².